The number of carbonyl (C=O) groups excluding carboxylic acids is 2. The summed E-state index contributed by atoms with van der Waals surface area (Å²) in [4.78, 5) is 47.6. The maximum absolute atomic E-state index is 12.8. The van der Waals surface area contributed by atoms with E-state index in [0.29, 0.717) is 11.4 Å². The molecule has 0 fully saturated rings. The molecule has 0 radical (unpaired) electrons. The molecular formula is C44H40N4O14S2. The number of sulfonamides is 2. The maximum Gasteiger partial charge on any atom is 0.335 e. The summed E-state index contributed by atoms with van der Waals surface area (Å²) < 4.78 is 77.1. The summed E-state index contributed by atoms with van der Waals surface area (Å²) in [5, 5.41) is 23.2. The van der Waals surface area contributed by atoms with Crippen molar-refractivity contribution in [1.29, 1.82) is 0 Å². The molecule has 0 aliphatic heterocycles. The summed E-state index contributed by atoms with van der Waals surface area (Å²) >= 11 is 0. The predicted molar refractivity (Wildman–Crippen MR) is 236 cm³/mol. The number of anilines is 4. The molecule has 0 heterocycles. The van der Waals surface area contributed by atoms with Crippen molar-refractivity contribution in [3.63, 3.8) is 0 Å². The van der Waals surface area contributed by atoms with Gasteiger partial charge >= 0.3 is 11.9 Å². The van der Waals surface area contributed by atoms with Crippen LogP contribution < -0.4 is 39.0 Å². The Bertz CT molecular complexity index is 2680. The Morgan fingerprint density at radius 3 is 1.05 bits per heavy atom. The minimum Gasteiger partial charge on any atom is -0.493 e. The molecule has 6 rings (SSSR count). The van der Waals surface area contributed by atoms with Gasteiger partial charge in [-0.15, -0.1) is 0 Å². The summed E-state index contributed by atoms with van der Waals surface area (Å²) in [5.41, 5.74) is 1.09. The average Bonchev–Trinajstić information content (AvgIpc) is 3.29. The highest BCUT2D eigenvalue weighted by atomic mass is 32.2. The van der Waals surface area contributed by atoms with Crippen molar-refractivity contribution in [2.45, 2.75) is 9.79 Å². The van der Waals surface area contributed by atoms with Gasteiger partial charge < -0.3 is 39.8 Å². The summed E-state index contributed by atoms with van der Waals surface area (Å²) in [6, 6.07) is 32.1. The maximum atomic E-state index is 12.8. The van der Waals surface area contributed by atoms with Crippen molar-refractivity contribution in [3.05, 3.63) is 156 Å². The Morgan fingerprint density at radius 1 is 0.438 bits per heavy atom. The molecule has 0 saturated heterocycles. The number of hydrogen-bond acceptors (Lipinski definition) is 12. The lowest BCUT2D eigenvalue weighted by Gasteiger charge is -2.16. The zero-order valence-electron chi connectivity index (χ0n) is 34.3. The fourth-order valence-corrected chi connectivity index (χ4v) is 7.90. The fourth-order valence-electron chi connectivity index (χ4n) is 5.75. The van der Waals surface area contributed by atoms with Gasteiger partial charge in [0.2, 0.25) is 0 Å². The lowest BCUT2D eigenvalue weighted by atomic mass is 10.1. The normalized spacial score (nSPS) is 10.8. The zero-order valence-corrected chi connectivity index (χ0v) is 35.9. The number of carboxylic acids is 2. The summed E-state index contributed by atoms with van der Waals surface area (Å²) in [6.07, 6.45) is 0. The molecular weight excluding hydrogens is 873 g/mol. The predicted octanol–water partition coefficient (Wildman–Crippen LogP) is 6.91. The highest BCUT2D eigenvalue weighted by molar-refractivity contribution is 7.93. The van der Waals surface area contributed by atoms with Crippen LogP contribution in [0, 0.1) is 0 Å². The molecule has 6 aromatic carbocycles. The van der Waals surface area contributed by atoms with E-state index in [9.17, 15) is 36.0 Å². The Hall–Kier alpha value is -8.10. The first-order valence-corrected chi connectivity index (χ1v) is 21.4. The molecule has 2 amide bonds. The average molecular weight is 913 g/mol. The number of carboxylic acid groups (broad SMARTS) is 2. The second kappa shape index (κ2) is 20.6. The lowest BCUT2D eigenvalue weighted by molar-refractivity contribution is 0.0686. The van der Waals surface area contributed by atoms with Gasteiger partial charge in [0.05, 0.1) is 60.7 Å². The topological polar surface area (TPSA) is 262 Å². The highest BCUT2D eigenvalue weighted by Crippen LogP contribution is 2.39. The van der Waals surface area contributed by atoms with E-state index in [1.54, 1.807) is 36.4 Å². The van der Waals surface area contributed by atoms with Crippen molar-refractivity contribution >= 4 is 66.5 Å². The van der Waals surface area contributed by atoms with Gasteiger partial charge in [0, 0.05) is 22.5 Å². The van der Waals surface area contributed by atoms with Crippen molar-refractivity contribution < 1.29 is 65.2 Å². The van der Waals surface area contributed by atoms with Gasteiger partial charge in [-0.3, -0.25) is 19.0 Å². The molecule has 0 aliphatic rings. The molecule has 6 N–H and O–H groups in total. The number of rotatable bonds is 16. The van der Waals surface area contributed by atoms with E-state index in [0.717, 1.165) is 0 Å². The Morgan fingerprint density at radius 2 is 0.766 bits per heavy atom. The number of hydrogen-bond donors (Lipinski definition) is 6. The first-order valence-electron chi connectivity index (χ1n) is 18.5. The fraction of sp³-hybridized carbons (Fsp3) is 0.0909. The molecule has 332 valence electrons. The largest absolute Gasteiger partial charge is 0.493 e. The minimum atomic E-state index is -3.96. The number of aromatic carboxylic acids is 2. The van der Waals surface area contributed by atoms with Crippen LogP contribution in [0.15, 0.2) is 143 Å². The number of nitrogens with one attached hydrogen (secondary N) is 4. The number of amides is 2. The first-order chi connectivity index (χ1) is 30.5. The number of methoxy groups -OCH3 is 4. The van der Waals surface area contributed by atoms with Gasteiger partial charge in [0.1, 0.15) is 0 Å². The summed E-state index contributed by atoms with van der Waals surface area (Å²) in [7, 11) is -2.50. The molecule has 6 aromatic rings. The van der Waals surface area contributed by atoms with E-state index < -0.39 is 43.8 Å². The summed E-state index contributed by atoms with van der Waals surface area (Å²) in [5.74, 6) is -2.79. The van der Waals surface area contributed by atoms with Crippen molar-refractivity contribution in [2.75, 3.05) is 48.5 Å². The minimum absolute atomic E-state index is 0.0158. The Balaban J connectivity index is 0.000000241. The van der Waals surface area contributed by atoms with E-state index in [1.807, 2.05) is 0 Å². The summed E-state index contributed by atoms with van der Waals surface area (Å²) in [6.45, 7) is 0. The monoisotopic (exact) mass is 912 g/mol. The van der Waals surface area contributed by atoms with Crippen LogP contribution in [0.5, 0.6) is 23.0 Å². The Labute approximate surface area is 367 Å². The van der Waals surface area contributed by atoms with Gasteiger partial charge in [0.25, 0.3) is 31.9 Å². The van der Waals surface area contributed by atoms with Gasteiger partial charge in [-0.2, -0.15) is 0 Å². The number of carbonyl (C=O) groups is 4. The van der Waals surface area contributed by atoms with Crippen LogP contribution >= 0.6 is 0 Å². The number of benzene rings is 6. The quantitative estimate of drug-likeness (QED) is 0.0577. The smallest absolute Gasteiger partial charge is 0.335 e. The number of ether oxygens (including phenoxy) is 4. The van der Waals surface area contributed by atoms with Crippen molar-refractivity contribution in [3.8, 4) is 23.0 Å². The van der Waals surface area contributed by atoms with E-state index in [2.05, 4.69) is 20.1 Å². The third-order valence-corrected chi connectivity index (χ3v) is 11.6. The van der Waals surface area contributed by atoms with Crippen LogP contribution in [-0.4, -0.2) is 79.2 Å². The molecule has 18 nitrogen and oxygen atoms in total. The van der Waals surface area contributed by atoms with Crippen LogP contribution in [0.25, 0.3) is 0 Å². The Kier molecular flexibility index (Phi) is 15.1. The van der Waals surface area contributed by atoms with Crippen molar-refractivity contribution in [1.82, 2.24) is 0 Å². The first kappa shape index (κ1) is 47.0. The SMILES string of the molecule is COc1cc(C(=O)Nc2ccc(C(=O)O)cc2)cc(NS(=O)(=O)c2ccccc2)c1OC.COc1cc(C(=O)Nc2ccc(C(=O)O)cc2)cc(NS(=O)(=O)c2ccccc2)c1OC. The second-order valence-corrected chi connectivity index (χ2v) is 16.4. The van der Waals surface area contributed by atoms with Crippen molar-refractivity contribution in [2.24, 2.45) is 0 Å². The molecule has 0 bridgehead atoms. The molecule has 0 aromatic heterocycles. The van der Waals surface area contributed by atoms with E-state index in [-0.39, 0.29) is 66.4 Å². The highest BCUT2D eigenvalue weighted by Gasteiger charge is 2.24. The molecule has 0 saturated carbocycles. The van der Waals surface area contributed by atoms with Crippen LogP contribution in [0.1, 0.15) is 41.4 Å². The van der Waals surface area contributed by atoms with E-state index in [4.69, 9.17) is 29.2 Å². The van der Waals surface area contributed by atoms with Crippen LogP contribution in [0.2, 0.25) is 0 Å². The lowest BCUT2D eigenvalue weighted by Crippen LogP contribution is -2.16. The van der Waals surface area contributed by atoms with E-state index in [1.165, 1.54) is 126 Å². The second-order valence-electron chi connectivity index (χ2n) is 13.0. The molecule has 0 atom stereocenters. The van der Waals surface area contributed by atoms with Crippen LogP contribution in [0.3, 0.4) is 0 Å². The van der Waals surface area contributed by atoms with Gasteiger partial charge in [-0.05, 0) is 97.1 Å². The van der Waals surface area contributed by atoms with Crippen LogP contribution in [-0.2, 0) is 20.0 Å². The molecule has 64 heavy (non-hydrogen) atoms. The zero-order chi connectivity index (χ0) is 46.6. The third kappa shape index (κ3) is 11.6. The molecule has 0 aliphatic carbocycles. The molecule has 0 unspecified atom stereocenters. The van der Waals surface area contributed by atoms with Gasteiger partial charge in [-0.1, -0.05) is 36.4 Å². The van der Waals surface area contributed by atoms with Gasteiger partial charge in [0.15, 0.2) is 23.0 Å². The third-order valence-electron chi connectivity index (χ3n) is 8.86. The molecule has 0 spiro atoms. The van der Waals surface area contributed by atoms with Crippen LogP contribution in [0.4, 0.5) is 22.7 Å². The molecule has 20 heteroatoms. The van der Waals surface area contributed by atoms with Gasteiger partial charge in [-0.25, -0.2) is 26.4 Å². The standard InChI is InChI=1S/2C22H20N2O7S/c2*1-30-19-13-15(21(25)23-16-10-8-14(9-11-16)22(26)27)12-18(20(19)31-2)24-32(28,29)17-6-4-3-5-7-17/h2*3-13,24H,1-2H3,(H,23,25)(H,26,27). The van der Waals surface area contributed by atoms with E-state index >= 15 is 0 Å².